The Morgan fingerprint density at radius 3 is 2.39 bits per heavy atom. The van der Waals surface area contributed by atoms with Gasteiger partial charge in [-0.25, -0.2) is 4.68 Å². The zero-order valence-electron chi connectivity index (χ0n) is 12.5. The highest BCUT2D eigenvalue weighted by atomic mass is 35.5. The summed E-state index contributed by atoms with van der Waals surface area (Å²) in [4.78, 5) is 12.2. The van der Waals surface area contributed by atoms with E-state index in [0.29, 0.717) is 10.6 Å². The van der Waals surface area contributed by atoms with Crippen molar-refractivity contribution in [3.8, 4) is 5.69 Å². The Hall–Kier alpha value is -2.72. The summed E-state index contributed by atoms with van der Waals surface area (Å²) in [5.74, 6) is -0.0539. The summed E-state index contributed by atoms with van der Waals surface area (Å²) in [6.45, 7) is 1.92. The number of carbonyl (C=O) groups excluding carboxylic acids is 1. The van der Waals surface area contributed by atoms with Crippen molar-refractivity contribution in [2.24, 2.45) is 0 Å². The second-order valence-corrected chi connectivity index (χ2v) is 5.52. The summed E-state index contributed by atoms with van der Waals surface area (Å²) in [5.41, 5.74) is 3.36. The number of allylic oxidation sites excluding steroid dienone is 1. The highest BCUT2D eigenvalue weighted by molar-refractivity contribution is 6.30. The largest absolute Gasteiger partial charge is 0.289 e. The van der Waals surface area contributed by atoms with Crippen LogP contribution in [0.15, 0.2) is 60.8 Å². The van der Waals surface area contributed by atoms with Gasteiger partial charge in [-0.05, 0) is 55.0 Å². The van der Waals surface area contributed by atoms with Crippen LogP contribution < -0.4 is 0 Å². The average molecular weight is 324 g/mol. The molecule has 0 spiro atoms. The van der Waals surface area contributed by atoms with Gasteiger partial charge in [0.25, 0.3) is 0 Å². The molecule has 0 aliphatic rings. The molecule has 2 aromatic carbocycles. The smallest absolute Gasteiger partial charge is 0.185 e. The van der Waals surface area contributed by atoms with Gasteiger partial charge in [0, 0.05) is 10.6 Å². The minimum atomic E-state index is -0.0539. The summed E-state index contributed by atoms with van der Waals surface area (Å²) >= 11 is 5.84. The van der Waals surface area contributed by atoms with Gasteiger partial charge in [0.1, 0.15) is 0 Å². The molecule has 5 heteroatoms. The van der Waals surface area contributed by atoms with Gasteiger partial charge >= 0.3 is 0 Å². The molecule has 0 N–H and O–H groups in total. The van der Waals surface area contributed by atoms with Crippen LogP contribution in [0.2, 0.25) is 5.02 Å². The predicted molar refractivity (Wildman–Crippen MR) is 90.9 cm³/mol. The lowest BCUT2D eigenvalue weighted by atomic mass is 10.1. The molecule has 0 atom stereocenters. The molecule has 0 fully saturated rings. The fourth-order valence-corrected chi connectivity index (χ4v) is 2.28. The number of carbonyl (C=O) groups is 1. The molecule has 1 aromatic heterocycles. The van der Waals surface area contributed by atoms with Crippen LogP contribution in [-0.2, 0) is 0 Å². The normalized spacial score (nSPS) is 11.0. The molecule has 3 rings (SSSR count). The number of ketones is 1. The molecular formula is C18H14ClN3O. The van der Waals surface area contributed by atoms with Crippen LogP contribution in [0.25, 0.3) is 11.8 Å². The molecular weight excluding hydrogens is 310 g/mol. The van der Waals surface area contributed by atoms with Crippen molar-refractivity contribution >= 4 is 23.5 Å². The van der Waals surface area contributed by atoms with E-state index in [1.54, 1.807) is 47.3 Å². The van der Waals surface area contributed by atoms with Gasteiger partial charge < -0.3 is 0 Å². The van der Waals surface area contributed by atoms with E-state index in [4.69, 9.17) is 11.6 Å². The third kappa shape index (κ3) is 3.55. The fraction of sp³-hybridized carbons (Fsp3) is 0.0556. The number of benzene rings is 2. The van der Waals surface area contributed by atoms with Gasteiger partial charge in [0.05, 0.1) is 17.6 Å². The van der Waals surface area contributed by atoms with E-state index < -0.39 is 0 Å². The van der Waals surface area contributed by atoms with Gasteiger partial charge in [-0.1, -0.05) is 35.0 Å². The second kappa shape index (κ2) is 6.58. The van der Waals surface area contributed by atoms with Crippen LogP contribution in [0.5, 0.6) is 0 Å². The summed E-state index contributed by atoms with van der Waals surface area (Å²) in [6.07, 6.45) is 5.01. The first-order chi connectivity index (χ1) is 11.1. The molecule has 0 saturated heterocycles. The van der Waals surface area contributed by atoms with E-state index in [1.165, 1.54) is 0 Å². The molecule has 0 aliphatic heterocycles. The number of hydrogen-bond donors (Lipinski definition) is 0. The highest BCUT2D eigenvalue weighted by Gasteiger charge is 2.05. The predicted octanol–water partition coefficient (Wildman–Crippen LogP) is 4.13. The zero-order chi connectivity index (χ0) is 16.2. The Balaban J connectivity index is 1.75. The van der Waals surface area contributed by atoms with Crippen LogP contribution in [0.1, 0.15) is 21.6 Å². The molecule has 0 bridgehead atoms. The van der Waals surface area contributed by atoms with Crippen LogP contribution in [0.3, 0.4) is 0 Å². The van der Waals surface area contributed by atoms with Gasteiger partial charge in [-0.3, -0.25) is 4.79 Å². The zero-order valence-corrected chi connectivity index (χ0v) is 13.2. The lowest BCUT2D eigenvalue weighted by Crippen LogP contribution is -2.00. The number of halogens is 1. The van der Waals surface area contributed by atoms with Crippen molar-refractivity contribution in [2.45, 2.75) is 6.92 Å². The topological polar surface area (TPSA) is 47.8 Å². The monoisotopic (exact) mass is 323 g/mol. The van der Waals surface area contributed by atoms with E-state index in [9.17, 15) is 4.79 Å². The summed E-state index contributed by atoms with van der Waals surface area (Å²) in [6, 6.07) is 14.6. The Bertz CT molecular complexity index is 849. The molecule has 4 nitrogen and oxygen atoms in total. The van der Waals surface area contributed by atoms with Crippen molar-refractivity contribution in [2.75, 3.05) is 0 Å². The lowest BCUT2D eigenvalue weighted by Gasteiger charge is -2.03. The average Bonchev–Trinajstić information content (AvgIpc) is 3.00. The Kier molecular flexibility index (Phi) is 4.35. The highest BCUT2D eigenvalue weighted by Crippen LogP contribution is 2.13. The first kappa shape index (κ1) is 15.2. The minimum Gasteiger partial charge on any atom is -0.289 e. The maximum atomic E-state index is 12.2. The maximum absolute atomic E-state index is 12.2. The van der Waals surface area contributed by atoms with Gasteiger partial charge in [0.15, 0.2) is 5.78 Å². The second-order valence-electron chi connectivity index (χ2n) is 5.08. The standard InChI is InChI=1S/C18H14ClN3O/c1-13-12-20-21-22(13)17-9-5-15(6-10-17)18(23)11-4-14-2-7-16(19)8-3-14/h2-12H,1H3/b11-4+. The number of aromatic nitrogens is 3. The van der Waals surface area contributed by atoms with Crippen molar-refractivity contribution in [3.63, 3.8) is 0 Å². The minimum absolute atomic E-state index is 0.0539. The van der Waals surface area contributed by atoms with E-state index in [-0.39, 0.29) is 5.78 Å². The number of nitrogens with zero attached hydrogens (tertiary/aromatic N) is 3. The van der Waals surface area contributed by atoms with Gasteiger partial charge in [0.2, 0.25) is 0 Å². The SMILES string of the molecule is Cc1cnnn1-c1ccc(C(=O)/C=C/c2ccc(Cl)cc2)cc1. The lowest BCUT2D eigenvalue weighted by molar-refractivity contribution is 0.104. The van der Waals surface area contributed by atoms with Crippen LogP contribution >= 0.6 is 11.6 Å². The Morgan fingerprint density at radius 1 is 1.09 bits per heavy atom. The summed E-state index contributed by atoms with van der Waals surface area (Å²) in [7, 11) is 0. The van der Waals surface area contributed by atoms with E-state index in [0.717, 1.165) is 16.9 Å². The third-order valence-electron chi connectivity index (χ3n) is 3.41. The fourth-order valence-electron chi connectivity index (χ4n) is 2.15. The van der Waals surface area contributed by atoms with Crippen LogP contribution in [0, 0.1) is 6.92 Å². The Morgan fingerprint density at radius 2 is 1.78 bits per heavy atom. The molecule has 23 heavy (non-hydrogen) atoms. The molecule has 0 saturated carbocycles. The van der Waals surface area contributed by atoms with Crippen LogP contribution in [0.4, 0.5) is 0 Å². The Labute approximate surface area is 139 Å². The summed E-state index contributed by atoms with van der Waals surface area (Å²) in [5, 5.41) is 8.52. The molecule has 0 amide bonds. The van der Waals surface area contributed by atoms with Gasteiger partial charge in [-0.15, -0.1) is 5.10 Å². The number of rotatable bonds is 4. The first-order valence-corrected chi connectivity index (χ1v) is 7.47. The third-order valence-corrected chi connectivity index (χ3v) is 3.67. The number of aryl methyl sites for hydroxylation is 1. The quantitative estimate of drug-likeness (QED) is 0.536. The van der Waals surface area contributed by atoms with E-state index >= 15 is 0 Å². The molecule has 1 heterocycles. The van der Waals surface area contributed by atoms with E-state index in [2.05, 4.69) is 10.3 Å². The molecule has 3 aromatic rings. The van der Waals surface area contributed by atoms with E-state index in [1.807, 2.05) is 31.2 Å². The van der Waals surface area contributed by atoms with Gasteiger partial charge in [-0.2, -0.15) is 0 Å². The molecule has 0 radical (unpaired) electrons. The van der Waals surface area contributed by atoms with Crippen molar-refractivity contribution in [3.05, 3.63) is 82.6 Å². The first-order valence-electron chi connectivity index (χ1n) is 7.09. The van der Waals surface area contributed by atoms with Crippen molar-refractivity contribution in [1.82, 2.24) is 15.0 Å². The summed E-state index contributed by atoms with van der Waals surface area (Å²) < 4.78 is 1.72. The molecule has 114 valence electrons. The maximum Gasteiger partial charge on any atom is 0.185 e. The van der Waals surface area contributed by atoms with Crippen molar-refractivity contribution in [1.29, 1.82) is 0 Å². The molecule has 0 unspecified atom stereocenters. The molecule has 0 aliphatic carbocycles. The van der Waals surface area contributed by atoms with Crippen LogP contribution in [-0.4, -0.2) is 20.8 Å². The number of hydrogen-bond acceptors (Lipinski definition) is 3. The van der Waals surface area contributed by atoms with Crippen molar-refractivity contribution < 1.29 is 4.79 Å².